The number of hydrogen-bond acceptors (Lipinski definition) is 5. The van der Waals surface area contributed by atoms with E-state index in [4.69, 9.17) is 0 Å². The molecule has 0 aliphatic carbocycles. The van der Waals surface area contributed by atoms with Gasteiger partial charge in [-0.25, -0.2) is 0 Å². The summed E-state index contributed by atoms with van der Waals surface area (Å²) in [4.78, 5) is 19.4. The molecule has 28 heavy (non-hydrogen) atoms. The van der Waals surface area contributed by atoms with Crippen LogP contribution >= 0.6 is 0 Å². The first kappa shape index (κ1) is 18.9. The van der Waals surface area contributed by atoms with E-state index in [1.807, 2.05) is 18.2 Å². The summed E-state index contributed by atoms with van der Waals surface area (Å²) in [6, 6.07) is 12.3. The normalized spacial score (nSPS) is 19.1. The van der Waals surface area contributed by atoms with Crippen molar-refractivity contribution >= 4 is 11.7 Å². The van der Waals surface area contributed by atoms with Gasteiger partial charge >= 0.3 is 0 Å². The fourth-order valence-electron chi connectivity index (χ4n) is 4.14. The van der Waals surface area contributed by atoms with E-state index in [0.717, 1.165) is 69.2 Å². The lowest BCUT2D eigenvalue weighted by atomic mass is 9.95. The van der Waals surface area contributed by atoms with Gasteiger partial charge in [-0.05, 0) is 44.5 Å². The summed E-state index contributed by atoms with van der Waals surface area (Å²) >= 11 is 0. The summed E-state index contributed by atoms with van der Waals surface area (Å²) in [5.74, 6) is 1.40. The van der Waals surface area contributed by atoms with Gasteiger partial charge in [0.15, 0.2) is 5.82 Å². The predicted octanol–water partition coefficient (Wildman–Crippen LogP) is 2.44. The van der Waals surface area contributed by atoms with Crippen LogP contribution in [0.4, 0.5) is 5.82 Å². The summed E-state index contributed by atoms with van der Waals surface area (Å²) in [7, 11) is 2.12. The Morgan fingerprint density at radius 3 is 2.29 bits per heavy atom. The van der Waals surface area contributed by atoms with Crippen molar-refractivity contribution in [1.29, 1.82) is 0 Å². The lowest BCUT2D eigenvalue weighted by molar-refractivity contribution is -0.137. The van der Waals surface area contributed by atoms with Crippen LogP contribution in [0.15, 0.2) is 36.4 Å². The Labute approximate surface area is 167 Å². The van der Waals surface area contributed by atoms with Gasteiger partial charge < -0.3 is 14.7 Å². The zero-order chi connectivity index (χ0) is 19.5. The van der Waals surface area contributed by atoms with Crippen molar-refractivity contribution < 1.29 is 4.79 Å². The van der Waals surface area contributed by atoms with Crippen LogP contribution in [0.1, 0.15) is 18.4 Å². The number of carbonyl (C=O) groups is 1. The largest absolute Gasteiger partial charge is 0.355 e. The number of piperidine rings is 1. The van der Waals surface area contributed by atoms with Crippen LogP contribution in [0.5, 0.6) is 0 Å². The number of rotatable bonds is 3. The smallest absolute Gasteiger partial charge is 0.225 e. The molecule has 148 valence electrons. The Kier molecular flexibility index (Phi) is 5.57. The lowest BCUT2D eigenvalue weighted by Gasteiger charge is -2.37. The van der Waals surface area contributed by atoms with Gasteiger partial charge in [0, 0.05) is 50.7 Å². The number of aromatic nitrogens is 2. The number of hydrogen-bond donors (Lipinski definition) is 0. The van der Waals surface area contributed by atoms with Crippen molar-refractivity contribution in [3.05, 3.63) is 42.0 Å². The van der Waals surface area contributed by atoms with Gasteiger partial charge in [0.05, 0.1) is 5.69 Å². The van der Waals surface area contributed by atoms with Gasteiger partial charge in [-0.15, -0.1) is 10.2 Å². The van der Waals surface area contributed by atoms with Crippen LogP contribution in [-0.2, 0) is 4.79 Å². The molecule has 0 spiro atoms. The summed E-state index contributed by atoms with van der Waals surface area (Å²) in [5, 5.41) is 8.91. The van der Waals surface area contributed by atoms with E-state index >= 15 is 0 Å². The Hall–Kier alpha value is -2.47. The Morgan fingerprint density at radius 2 is 1.64 bits per heavy atom. The molecule has 0 radical (unpaired) electrons. The molecule has 1 amide bonds. The Balaban J connectivity index is 1.35. The molecule has 1 aromatic heterocycles. The van der Waals surface area contributed by atoms with E-state index in [-0.39, 0.29) is 5.92 Å². The fourth-order valence-corrected chi connectivity index (χ4v) is 4.14. The van der Waals surface area contributed by atoms with Crippen molar-refractivity contribution in [3.63, 3.8) is 0 Å². The van der Waals surface area contributed by atoms with Crippen LogP contribution in [-0.4, -0.2) is 72.2 Å². The van der Waals surface area contributed by atoms with Gasteiger partial charge in [-0.1, -0.05) is 24.3 Å². The molecule has 0 saturated carbocycles. The first-order valence-corrected chi connectivity index (χ1v) is 10.2. The molecule has 0 N–H and O–H groups in total. The predicted molar refractivity (Wildman–Crippen MR) is 111 cm³/mol. The molecule has 4 rings (SSSR count). The summed E-state index contributed by atoms with van der Waals surface area (Å²) in [5.41, 5.74) is 3.23. The first-order valence-electron chi connectivity index (χ1n) is 10.2. The highest BCUT2D eigenvalue weighted by Crippen LogP contribution is 2.26. The molecule has 2 saturated heterocycles. The topological polar surface area (TPSA) is 52.6 Å². The zero-order valence-electron chi connectivity index (χ0n) is 16.8. The van der Waals surface area contributed by atoms with Crippen molar-refractivity contribution in [3.8, 4) is 11.3 Å². The maximum absolute atomic E-state index is 12.8. The molecule has 6 heteroatoms. The van der Waals surface area contributed by atoms with E-state index in [1.165, 1.54) is 5.56 Å². The summed E-state index contributed by atoms with van der Waals surface area (Å²) < 4.78 is 0. The highest BCUT2D eigenvalue weighted by atomic mass is 16.2. The van der Waals surface area contributed by atoms with Crippen LogP contribution < -0.4 is 4.90 Å². The van der Waals surface area contributed by atoms with E-state index < -0.39 is 0 Å². The summed E-state index contributed by atoms with van der Waals surface area (Å²) in [6.45, 7) is 7.50. The van der Waals surface area contributed by atoms with Gasteiger partial charge in [-0.3, -0.25) is 4.79 Å². The van der Waals surface area contributed by atoms with Crippen LogP contribution in [0, 0.1) is 12.8 Å². The molecule has 3 heterocycles. The van der Waals surface area contributed by atoms with Crippen molar-refractivity contribution in [2.75, 3.05) is 51.2 Å². The quantitative estimate of drug-likeness (QED) is 0.820. The van der Waals surface area contributed by atoms with Gasteiger partial charge in [0.1, 0.15) is 0 Å². The Morgan fingerprint density at radius 1 is 0.929 bits per heavy atom. The minimum Gasteiger partial charge on any atom is -0.355 e. The Bertz CT molecular complexity index is 806. The van der Waals surface area contributed by atoms with Crippen LogP contribution in [0.3, 0.4) is 0 Å². The highest BCUT2D eigenvalue weighted by molar-refractivity contribution is 5.79. The minimum absolute atomic E-state index is 0.152. The molecule has 6 nitrogen and oxygen atoms in total. The van der Waals surface area contributed by atoms with Crippen LogP contribution in [0.25, 0.3) is 11.3 Å². The number of nitrogens with zero attached hydrogens (tertiary/aromatic N) is 5. The van der Waals surface area contributed by atoms with E-state index in [2.05, 4.69) is 57.1 Å². The monoisotopic (exact) mass is 379 g/mol. The second-order valence-electron chi connectivity index (χ2n) is 7.98. The molecular weight excluding hydrogens is 350 g/mol. The second-order valence-corrected chi connectivity index (χ2v) is 7.98. The van der Waals surface area contributed by atoms with Crippen molar-refractivity contribution in [2.24, 2.45) is 5.92 Å². The average Bonchev–Trinajstić information content (AvgIpc) is 2.74. The van der Waals surface area contributed by atoms with Gasteiger partial charge in [-0.2, -0.15) is 0 Å². The highest BCUT2D eigenvalue weighted by Gasteiger charge is 2.30. The van der Waals surface area contributed by atoms with Crippen molar-refractivity contribution in [1.82, 2.24) is 20.0 Å². The molecular formula is C22H29N5O. The zero-order valence-corrected chi connectivity index (χ0v) is 16.8. The van der Waals surface area contributed by atoms with E-state index in [9.17, 15) is 4.79 Å². The molecule has 2 aromatic rings. The van der Waals surface area contributed by atoms with Gasteiger partial charge in [0.25, 0.3) is 0 Å². The fraction of sp³-hybridized carbons (Fsp3) is 0.500. The molecule has 1 aromatic carbocycles. The number of carbonyl (C=O) groups excluding carboxylic acids is 1. The standard InChI is InChI=1S/C22H29N5O/c1-17-5-3-4-6-19(17)20-7-8-21(24-23-20)26-11-9-18(10-12-26)22(28)27-15-13-25(2)14-16-27/h3-8,18H,9-16H2,1-2H3. The summed E-state index contributed by atoms with van der Waals surface area (Å²) in [6.07, 6.45) is 1.79. The second kappa shape index (κ2) is 8.27. The van der Waals surface area contributed by atoms with E-state index in [1.54, 1.807) is 0 Å². The SMILES string of the molecule is Cc1ccccc1-c1ccc(N2CCC(C(=O)N3CCN(C)CC3)CC2)nn1. The average molecular weight is 380 g/mol. The molecule has 2 aliphatic heterocycles. The van der Waals surface area contributed by atoms with E-state index in [0.29, 0.717) is 5.91 Å². The number of piperazine rings is 1. The molecule has 0 bridgehead atoms. The number of amides is 1. The minimum atomic E-state index is 0.152. The maximum Gasteiger partial charge on any atom is 0.225 e. The molecule has 0 atom stereocenters. The third kappa shape index (κ3) is 4.02. The maximum atomic E-state index is 12.8. The number of likely N-dealkylation sites (N-methyl/N-ethyl adjacent to an activating group) is 1. The number of benzene rings is 1. The number of anilines is 1. The first-order chi connectivity index (χ1) is 13.6. The number of aryl methyl sites for hydroxylation is 1. The lowest BCUT2D eigenvalue weighted by Crippen LogP contribution is -2.50. The molecule has 2 aliphatic rings. The molecule has 0 unspecified atom stereocenters. The van der Waals surface area contributed by atoms with Crippen LogP contribution in [0.2, 0.25) is 0 Å². The third-order valence-electron chi connectivity index (χ3n) is 6.05. The van der Waals surface area contributed by atoms with Crippen molar-refractivity contribution in [2.45, 2.75) is 19.8 Å². The third-order valence-corrected chi connectivity index (χ3v) is 6.05. The molecule has 2 fully saturated rings. The van der Waals surface area contributed by atoms with Gasteiger partial charge in [0.2, 0.25) is 5.91 Å².